The number of rotatable bonds is 3. The van der Waals surface area contributed by atoms with E-state index < -0.39 is 4.92 Å². The van der Waals surface area contributed by atoms with Crippen LogP contribution in [0.4, 0.5) is 11.5 Å². The molecule has 0 spiro atoms. The second-order valence-corrected chi connectivity index (χ2v) is 4.38. The predicted octanol–water partition coefficient (Wildman–Crippen LogP) is 1.50. The molecule has 1 unspecified atom stereocenters. The highest BCUT2D eigenvalue weighted by Gasteiger charge is 2.21. The topological polar surface area (TPSA) is 71.3 Å². The number of pyridine rings is 1. The second kappa shape index (κ2) is 5.09. The van der Waals surface area contributed by atoms with Crippen LogP contribution in [0, 0.1) is 10.1 Å². The molecule has 1 fully saturated rings. The van der Waals surface area contributed by atoms with Crippen molar-refractivity contribution in [3.05, 3.63) is 28.4 Å². The summed E-state index contributed by atoms with van der Waals surface area (Å²) in [7, 11) is 2.06. The Balaban J connectivity index is 2.10. The highest BCUT2D eigenvalue weighted by Crippen LogP contribution is 2.23. The van der Waals surface area contributed by atoms with Gasteiger partial charge in [0, 0.05) is 12.6 Å². The summed E-state index contributed by atoms with van der Waals surface area (Å²) in [5.74, 6) is -0.0965. The Kier molecular flexibility index (Phi) is 3.53. The van der Waals surface area contributed by atoms with E-state index in [4.69, 9.17) is 0 Å². The van der Waals surface area contributed by atoms with Crippen molar-refractivity contribution in [1.82, 2.24) is 9.88 Å². The maximum atomic E-state index is 10.8. The number of anilines is 1. The minimum Gasteiger partial charge on any atom is -0.374 e. The third-order valence-corrected chi connectivity index (χ3v) is 2.94. The fraction of sp³-hybridized carbons (Fsp3) is 0.545. The van der Waals surface area contributed by atoms with Gasteiger partial charge in [0.15, 0.2) is 0 Å². The lowest BCUT2D eigenvalue weighted by Gasteiger charge is -2.30. The molecule has 0 radical (unpaired) electrons. The molecule has 1 atom stereocenters. The van der Waals surface area contributed by atoms with Crippen molar-refractivity contribution >= 4 is 11.5 Å². The molecule has 1 saturated heterocycles. The van der Waals surface area contributed by atoms with Crippen LogP contribution in [0.5, 0.6) is 0 Å². The summed E-state index contributed by atoms with van der Waals surface area (Å²) in [5.41, 5.74) is 0.512. The van der Waals surface area contributed by atoms with Crippen LogP contribution in [0.1, 0.15) is 12.8 Å². The van der Waals surface area contributed by atoms with E-state index in [2.05, 4.69) is 22.2 Å². The normalized spacial score (nSPS) is 21.1. The third kappa shape index (κ3) is 2.91. The number of nitrogens with zero attached hydrogens (tertiary/aromatic N) is 3. The molecule has 0 saturated carbocycles. The smallest absolute Gasteiger partial charge is 0.374 e. The van der Waals surface area contributed by atoms with Gasteiger partial charge in [-0.2, -0.15) is 0 Å². The molecule has 0 aromatic carbocycles. The lowest BCUT2D eigenvalue weighted by molar-refractivity contribution is -0.388. The maximum absolute atomic E-state index is 10.8. The largest absolute Gasteiger partial charge is 0.386 e. The van der Waals surface area contributed by atoms with Gasteiger partial charge in [-0.05, 0) is 48.5 Å². The van der Waals surface area contributed by atoms with Crippen molar-refractivity contribution in [3.63, 3.8) is 0 Å². The molecule has 0 aliphatic carbocycles. The van der Waals surface area contributed by atoms with E-state index in [-0.39, 0.29) is 11.9 Å². The number of likely N-dealkylation sites (N-methyl/N-ethyl adjacent to an activating group) is 1. The molecule has 1 aliphatic rings. The number of hydrogen-bond acceptors (Lipinski definition) is 5. The molecule has 0 bridgehead atoms. The lowest BCUT2D eigenvalue weighted by atomic mass is 10.1. The van der Waals surface area contributed by atoms with E-state index in [9.17, 15) is 10.1 Å². The average Bonchev–Trinajstić information content (AvgIpc) is 2.29. The van der Waals surface area contributed by atoms with Gasteiger partial charge in [-0.15, -0.1) is 0 Å². The van der Waals surface area contributed by atoms with Crippen molar-refractivity contribution in [3.8, 4) is 0 Å². The standard InChI is InChI=1S/C11H16N4O2/c1-14-7-3-4-9(8-14)13-10-5-2-6-12-11(10)15(16)17/h2,5-6,9,13H,3-4,7-8H2,1H3. The molecule has 1 aromatic rings. The third-order valence-electron chi connectivity index (χ3n) is 2.94. The summed E-state index contributed by atoms with van der Waals surface area (Å²) in [5, 5.41) is 14.0. The zero-order chi connectivity index (χ0) is 12.3. The number of nitrogens with one attached hydrogen (secondary N) is 1. The van der Waals surface area contributed by atoms with Gasteiger partial charge in [-0.25, -0.2) is 0 Å². The van der Waals surface area contributed by atoms with E-state index in [1.807, 2.05) is 0 Å². The van der Waals surface area contributed by atoms with Crippen molar-refractivity contribution in [2.45, 2.75) is 18.9 Å². The van der Waals surface area contributed by atoms with E-state index in [1.165, 1.54) is 6.20 Å². The lowest BCUT2D eigenvalue weighted by Crippen LogP contribution is -2.39. The molecule has 0 amide bonds. The molecule has 6 nitrogen and oxygen atoms in total. The first-order valence-corrected chi connectivity index (χ1v) is 5.71. The van der Waals surface area contributed by atoms with Gasteiger partial charge in [0.25, 0.3) is 0 Å². The minimum absolute atomic E-state index is 0.0965. The average molecular weight is 236 g/mol. The van der Waals surface area contributed by atoms with Crippen LogP contribution in [0.3, 0.4) is 0 Å². The van der Waals surface area contributed by atoms with Crippen LogP contribution in [0.2, 0.25) is 0 Å². The molecule has 17 heavy (non-hydrogen) atoms. The Morgan fingerprint density at radius 1 is 1.65 bits per heavy atom. The first kappa shape index (κ1) is 11.8. The number of piperidine rings is 1. The van der Waals surface area contributed by atoms with Gasteiger partial charge in [0.2, 0.25) is 0 Å². The number of likely N-dealkylation sites (tertiary alicyclic amines) is 1. The Morgan fingerprint density at radius 3 is 3.18 bits per heavy atom. The van der Waals surface area contributed by atoms with Crippen molar-refractivity contribution in [1.29, 1.82) is 0 Å². The molecule has 1 aliphatic heterocycles. The van der Waals surface area contributed by atoms with Crippen molar-refractivity contribution in [2.24, 2.45) is 0 Å². The van der Waals surface area contributed by atoms with Crippen LogP contribution in [0.25, 0.3) is 0 Å². The van der Waals surface area contributed by atoms with Crippen LogP contribution < -0.4 is 5.32 Å². The predicted molar refractivity (Wildman–Crippen MR) is 65.0 cm³/mol. The first-order chi connectivity index (χ1) is 8.16. The summed E-state index contributed by atoms with van der Waals surface area (Å²) in [4.78, 5) is 16.4. The molecular formula is C11H16N4O2. The van der Waals surface area contributed by atoms with Gasteiger partial charge < -0.3 is 20.3 Å². The monoisotopic (exact) mass is 236 g/mol. The quantitative estimate of drug-likeness (QED) is 0.636. The number of aromatic nitrogens is 1. The molecule has 2 rings (SSSR count). The zero-order valence-corrected chi connectivity index (χ0v) is 9.80. The zero-order valence-electron chi connectivity index (χ0n) is 9.80. The van der Waals surface area contributed by atoms with Crippen molar-refractivity contribution < 1.29 is 4.92 Å². The van der Waals surface area contributed by atoms with Crippen molar-refractivity contribution in [2.75, 3.05) is 25.5 Å². The fourth-order valence-electron chi connectivity index (χ4n) is 2.16. The van der Waals surface area contributed by atoms with Crippen LogP contribution in [-0.4, -0.2) is 41.0 Å². The van der Waals surface area contributed by atoms with Gasteiger partial charge in [0.1, 0.15) is 11.9 Å². The van der Waals surface area contributed by atoms with Crippen LogP contribution in [-0.2, 0) is 0 Å². The van der Waals surface area contributed by atoms with Gasteiger partial charge in [-0.1, -0.05) is 0 Å². The second-order valence-electron chi connectivity index (χ2n) is 4.38. The maximum Gasteiger partial charge on any atom is 0.386 e. The summed E-state index contributed by atoms with van der Waals surface area (Å²) < 4.78 is 0. The fourth-order valence-corrected chi connectivity index (χ4v) is 2.16. The molecular weight excluding hydrogens is 220 g/mol. The first-order valence-electron chi connectivity index (χ1n) is 5.71. The Bertz CT molecular complexity index is 410. The number of hydrogen-bond donors (Lipinski definition) is 1. The van der Waals surface area contributed by atoms with E-state index >= 15 is 0 Å². The summed E-state index contributed by atoms with van der Waals surface area (Å²) >= 11 is 0. The SMILES string of the molecule is CN1CCCC(Nc2cccnc2[N+](=O)[O-])C1. The molecule has 92 valence electrons. The summed E-state index contributed by atoms with van der Waals surface area (Å²) in [6.07, 6.45) is 3.59. The van der Waals surface area contributed by atoms with Gasteiger partial charge in [0.05, 0.1) is 0 Å². The van der Waals surface area contributed by atoms with E-state index in [1.54, 1.807) is 12.1 Å². The molecule has 1 N–H and O–H groups in total. The minimum atomic E-state index is -0.450. The Labute approximate surface area is 99.8 Å². The highest BCUT2D eigenvalue weighted by atomic mass is 16.6. The highest BCUT2D eigenvalue weighted by molar-refractivity contribution is 5.57. The van der Waals surface area contributed by atoms with Gasteiger partial charge in [-0.3, -0.25) is 0 Å². The van der Waals surface area contributed by atoms with E-state index in [0.717, 1.165) is 25.9 Å². The molecule has 1 aromatic heterocycles. The Hall–Kier alpha value is -1.69. The molecule has 6 heteroatoms. The Morgan fingerprint density at radius 2 is 2.47 bits per heavy atom. The molecule has 2 heterocycles. The number of nitro groups is 1. The summed E-state index contributed by atoms with van der Waals surface area (Å²) in [6.45, 7) is 2.00. The van der Waals surface area contributed by atoms with Gasteiger partial charge >= 0.3 is 5.82 Å². The van der Waals surface area contributed by atoms with E-state index in [0.29, 0.717) is 5.69 Å². The van der Waals surface area contributed by atoms with Crippen LogP contribution >= 0.6 is 0 Å². The summed E-state index contributed by atoms with van der Waals surface area (Å²) in [6, 6.07) is 3.68. The van der Waals surface area contributed by atoms with Crippen LogP contribution in [0.15, 0.2) is 18.3 Å².